The molecule has 6 nitrogen and oxygen atoms in total. The monoisotopic (exact) mass is 514 g/mol. The van der Waals surface area contributed by atoms with E-state index in [1.807, 2.05) is 11.4 Å². The van der Waals surface area contributed by atoms with Gasteiger partial charge < -0.3 is 19.3 Å². The first-order chi connectivity index (χ1) is 17.5. The van der Waals surface area contributed by atoms with Crippen molar-refractivity contribution in [1.29, 1.82) is 0 Å². The number of thiophene rings is 1. The molecule has 0 spiro atoms. The third-order valence-corrected chi connectivity index (χ3v) is 7.11. The maximum absolute atomic E-state index is 14.4. The van der Waals surface area contributed by atoms with Crippen molar-refractivity contribution in [3.05, 3.63) is 87.6 Å². The van der Waals surface area contributed by atoms with E-state index in [0.29, 0.717) is 31.7 Å². The number of amides is 2. The summed E-state index contributed by atoms with van der Waals surface area (Å²) in [5.74, 6) is -1.46. The van der Waals surface area contributed by atoms with Crippen LogP contribution in [0.25, 0.3) is 0 Å². The maximum Gasteiger partial charge on any atom is 0.257 e. The Morgan fingerprint density at radius 3 is 2.75 bits per heavy atom. The number of hydrogen-bond donors (Lipinski definition) is 0. The summed E-state index contributed by atoms with van der Waals surface area (Å²) >= 11 is 1.62. The van der Waals surface area contributed by atoms with Gasteiger partial charge in [0.15, 0.2) is 0 Å². The van der Waals surface area contributed by atoms with Gasteiger partial charge in [0.05, 0.1) is 11.6 Å². The molecular formula is C27H28F2N2O4S. The van der Waals surface area contributed by atoms with E-state index in [-0.39, 0.29) is 37.2 Å². The molecule has 0 saturated carbocycles. The number of ether oxygens (including phenoxy) is 2. The highest BCUT2D eigenvalue weighted by Gasteiger charge is 2.34. The third kappa shape index (κ3) is 6.09. The molecule has 0 radical (unpaired) electrons. The number of carbonyl (C=O) groups excluding carboxylic acids is 2. The highest BCUT2D eigenvalue weighted by Crippen LogP contribution is 2.34. The standard InChI is InChI=1S/C27H28F2N2O4S/c1-34-14-5-12-30(27(33)21-8-2-3-9-23(21)29)17-26(32)31-13-10-25-22(11-15-36-25)24(31)18-35-20-7-4-6-19(28)16-20/h2-4,6-9,11,15-16,24H,5,10,12-14,17-18H2,1H3/t24-/m1/s1. The normalized spacial score (nSPS) is 14.9. The quantitative estimate of drug-likeness (QED) is 0.368. The first-order valence-corrected chi connectivity index (χ1v) is 12.6. The predicted octanol–water partition coefficient (Wildman–Crippen LogP) is 4.71. The van der Waals surface area contributed by atoms with Crippen LogP contribution in [0.1, 0.15) is 33.3 Å². The largest absolute Gasteiger partial charge is 0.491 e. The van der Waals surface area contributed by atoms with E-state index < -0.39 is 17.5 Å². The number of fused-ring (bicyclic) bond motifs is 1. The number of halogens is 2. The fraction of sp³-hybridized carbons (Fsp3) is 0.333. The minimum Gasteiger partial charge on any atom is -0.491 e. The van der Waals surface area contributed by atoms with Gasteiger partial charge in [0.2, 0.25) is 5.91 Å². The van der Waals surface area contributed by atoms with Crippen molar-refractivity contribution in [2.75, 3.05) is 40.0 Å². The van der Waals surface area contributed by atoms with Gasteiger partial charge in [-0.3, -0.25) is 9.59 Å². The van der Waals surface area contributed by atoms with Crippen LogP contribution in [0.5, 0.6) is 5.75 Å². The Morgan fingerprint density at radius 1 is 1.14 bits per heavy atom. The summed E-state index contributed by atoms with van der Waals surface area (Å²) in [7, 11) is 1.56. The van der Waals surface area contributed by atoms with Crippen molar-refractivity contribution in [2.45, 2.75) is 18.9 Å². The zero-order chi connectivity index (χ0) is 25.5. The molecule has 3 aromatic rings. The molecule has 36 heavy (non-hydrogen) atoms. The molecule has 2 aromatic carbocycles. The van der Waals surface area contributed by atoms with Crippen LogP contribution in [0, 0.1) is 11.6 Å². The number of nitrogens with zero attached hydrogens (tertiary/aromatic N) is 2. The van der Waals surface area contributed by atoms with E-state index >= 15 is 0 Å². The Morgan fingerprint density at radius 2 is 1.97 bits per heavy atom. The van der Waals surface area contributed by atoms with Crippen LogP contribution in [0.15, 0.2) is 60.0 Å². The number of hydrogen-bond acceptors (Lipinski definition) is 5. The lowest BCUT2D eigenvalue weighted by atomic mass is 10.0. The average Bonchev–Trinajstić information content (AvgIpc) is 3.36. The van der Waals surface area contributed by atoms with E-state index in [1.165, 1.54) is 40.1 Å². The zero-order valence-electron chi connectivity index (χ0n) is 20.0. The molecule has 0 bridgehead atoms. The van der Waals surface area contributed by atoms with E-state index in [0.717, 1.165) is 5.56 Å². The van der Waals surface area contributed by atoms with Crippen LogP contribution < -0.4 is 4.74 Å². The van der Waals surface area contributed by atoms with Gasteiger partial charge in [-0.15, -0.1) is 11.3 Å². The number of carbonyl (C=O) groups is 2. The topological polar surface area (TPSA) is 59.1 Å². The van der Waals surface area contributed by atoms with Gasteiger partial charge >= 0.3 is 0 Å². The Hall–Kier alpha value is -3.30. The number of rotatable bonds is 10. The minimum atomic E-state index is -0.631. The molecule has 2 amide bonds. The van der Waals surface area contributed by atoms with Gasteiger partial charge in [0.1, 0.15) is 30.5 Å². The summed E-state index contributed by atoms with van der Waals surface area (Å²) in [5.41, 5.74) is 0.912. The Balaban J connectivity index is 1.53. The molecule has 1 aliphatic heterocycles. The molecule has 4 rings (SSSR count). The molecule has 0 N–H and O–H groups in total. The van der Waals surface area contributed by atoms with Crippen molar-refractivity contribution in [2.24, 2.45) is 0 Å². The molecule has 1 atom stereocenters. The summed E-state index contributed by atoms with van der Waals surface area (Å²) in [5, 5.41) is 1.98. The molecule has 0 unspecified atom stereocenters. The fourth-order valence-corrected chi connectivity index (χ4v) is 5.25. The predicted molar refractivity (Wildman–Crippen MR) is 133 cm³/mol. The maximum atomic E-state index is 14.4. The second-order valence-corrected chi connectivity index (χ2v) is 9.47. The van der Waals surface area contributed by atoms with Crippen molar-refractivity contribution in [1.82, 2.24) is 9.80 Å². The first kappa shape index (κ1) is 25.8. The van der Waals surface area contributed by atoms with E-state index in [9.17, 15) is 18.4 Å². The SMILES string of the molecule is COCCCN(CC(=O)N1CCc2sccc2[C@H]1COc1cccc(F)c1)C(=O)c1ccccc1F. The number of methoxy groups -OCH3 is 1. The number of benzene rings is 2. The van der Waals surface area contributed by atoms with E-state index in [4.69, 9.17) is 9.47 Å². The molecule has 190 valence electrons. The highest BCUT2D eigenvalue weighted by molar-refractivity contribution is 7.10. The van der Waals surface area contributed by atoms with Gasteiger partial charge in [0.25, 0.3) is 5.91 Å². The second-order valence-electron chi connectivity index (χ2n) is 8.47. The average molecular weight is 515 g/mol. The van der Waals surface area contributed by atoms with Crippen molar-refractivity contribution >= 4 is 23.2 Å². The van der Waals surface area contributed by atoms with Gasteiger partial charge in [-0.1, -0.05) is 18.2 Å². The van der Waals surface area contributed by atoms with Crippen LogP contribution in [-0.4, -0.2) is 61.6 Å². The minimum absolute atomic E-state index is 0.0764. The van der Waals surface area contributed by atoms with Gasteiger partial charge in [-0.05, 0) is 54.1 Å². The summed E-state index contributed by atoms with van der Waals surface area (Å²) in [6, 6.07) is 13.2. The molecule has 9 heteroatoms. The lowest BCUT2D eigenvalue weighted by Crippen LogP contribution is -2.48. The molecule has 0 fully saturated rings. The Labute approximate surface area is 213 Å². The smallest absolute Gasteiger partial charge is 0.257 e. The summed E-state index contributed by atoms with van der Waals surface area (Å²) < 4.78 is 39.0. The van der Waals surface area contributed by atoms with Crippen molar-refractivity contribution < 1.29 is 27.8 Å². The van der Waals surface area contributed by atoms with Crippen molar-refractivity contribution in [3.8, 4) is 5.75 Å². The summed E-state index contributed by atoms with van der Waals surface area (Å²) in [4.78, 5) is 31.0. The summed E-state index contributed by atoms with van der Waals surface area (Å²) in [6.07, 6.45) is 1.20. The molecule has 0 saturated heterocycles. The zero-order valence-corrected chi connectivity index (χ0v) is 20.8. The van der Waals surface area contributed by atoms with Gasteiger partial charge in [0, 0.05) is 37.7 Å². The van der Waals surface area contributed by atoms with Gasteiger partial charge in [-0.2, -0.15) is 0 Å². The summed E-state index contributed by atoms with van der Waals surface area (Å²) in [6.45, 7) is 1.05. The van der Waals surface area contributed by atoms with E-state index in [1.54, 1.807) is 41.5 Å². The molecule has 2 heterocycles. The third-order valence-electron chi connectivity index (χ3n) is 6.11. The van der Waals surface area contributed by atoms with E-state index in [2.05, 4.69) is 0 Å². The van der Waals surface area contributed by atoms with Crippen LogP contribution in [-0.2, 0) is 16.0 Å². The molecule has 1 aromatic heterocycles. The molecule has 1 aliphatic rings. The lowest BCUT2D eigenvalue weighted by Gasteiger charge is -2.37. The van der Waals surface area contributed by atoms with Crippen LogP contribution in [0.3, 0.4) is 0 Å². The van der Waals surface area contributed by atoms with Crippen LogP contribution in [0.4, 0.5) is 8.78 Å². The fourth-order valence-electron chi connectivity index (χ4n) is 4.32. The second kappa shape index (κ2) is 12.1. The van der Waals surface area contributed by atoms with Crippen LogP contribution in [0.2, 0.25) is 0 Å². The van der Waals surface area contributed by atoms with Gasteiger partial charge in [-0.25, -0.2) is 8.78 Å². The lowest BCUT2D eigenvalue weighted by molar-refractivity contribution is -0.135. The molecule has 0 aliphatic carbocycles. The highest BCUT2D eigenvalue weighted by atomic mass is 32.1. The molecular weight excluding hydrogens is 486 g/mol. The van der Waals surface area contributed by atoms with Crippen molar-refractivity contribution in [3.63, 3.8) is 0 Å². The first-order valence-electron chi connectivity index (χ1n) is 11.7. The Bertz CT molecular complexity index is 1200. The van der Waals surface area contributed by atoms with Crippen LogP contribution >= 0.6 is 11.3 Å². The Kier molecular flexibility index (Phi) is 8.66.